The molecule has 0 rings (SSSR count). The highest BCUT2D eigenvalue weighted by Gasteiger charge is 2.20. The standard InChI is InChI=1S/C8H15N3O4/c1-4(12)8(15)11-5(7(10)14)2-3-6(9)13/h4-5,12H,2-3H2,1H3,(H2,9,13)(H2,10,14)(H,11,15)/t4-,5-/m0/s1. The first-order valence-corrected chi connectivity index (χ1v) is 4.40. The monoisotopic (exact) mass is 217 g/mol. The van der Waals surface area contributed by atoms with Crippen molar-refractivity contribution < 1.29 is 19.5 Å². The average Bonchev–Trinajstić information content (AvgIpc) is 2.10. The Morgan fingerprint density at radius 2 is 1.87 bits per heavy atom. The molecule has 0 aliphatic rings. The van der Waals surface area contributed by atoms with Crippen molar-refractivity contribution in [2.75, 3.05) is 0 Å². The number of nitrogens with two attached hydrogens (primary N) is 2. The van der Waals surface area contributed by atoms with Crippen molar-refractivity contribution in [1.29, 1.82) is 0 Å². The van der Waals surface area contributed by atoms with Gasteiger partial charge in [0.25, 0.3) is 0 Å². The van der Waals surface area contributed by atoms with Gasteiger partial charge < -0.3 is 21.9 Å². The van der Waals surface area contributed by atoms with Crippen LogP contribution in [0, 0.1) is 0 Å². The Labute approximate surface area is 86.8 Å². The molecule has 0 aromatic rings. The van der Waals surface area contributed by atoms with E-state index in [0.717, 1.165) is 0 Å². The minimum atomic E-state index is -1.24. The molecule has 3 amide bonds. The zero-order valence-corrected chi connectivity index (χ0v) is 8.40. The van der Waals surface area contributed by atoms with Gasteiger partial charge in [0.05, 0.1) is 0 Å². The summed E-state index contributed by atoms with van der Waals surface area (Å²) in [5.41, 5.74) is 9.86. The molecule has 6 N–H and O–H groups in total. The van der Waals surface area contributed by atoms with Crippen LogP contribution < -0.4 is 16.8 Å². The molecule has 86 valence electrons. The predicted octanol–water partition coefficient (Wildman–Crippen LogP) is -2.40. The van der Waals surface area contributed by atoms with Gasteiger partial charge >= 0.3 is 0 Å². The Morgan fingerprint density at radius 1 is 1.33 bits per heavy atom. The quantitative estimate of drug-likeness (QED) is 0.394. The highest BCUT2D eigenvalue weighted by molar-refractivity contribution is 5.88. The molecule has 7 heteroatoms. The van der Waals surface area contributed by atoms with Gasteiger partial charge in [0, 0.05) is 6.42 Å². The summed E-state index contributed by atoms with van der Waals surface area (Å²) in [7, 11) is 0. The van der Waals surface area contributed by atoms with E-state index in [1.165, 1.54) is 6.92 Å². The number of nitrogens with one attached hydrogen (secondary N) is 1. The van der Waals surface area contributed by atoms with Crippen LogP contribution in [0.25, 0.3) is 0 Å². The van der Waals surface area contributed by atoms with Crippen molar-refractivity contribution in [1.82, 2.24) is 5.32 Å². The fourth-order valence-electron chi connectivity index (χ4n) is 0.864. The number of aliphatic hydroxyl groups excluding tert-OH is 1. The van der Waals surface area contributed by atoms with E-state index in [4.69, 9.17) is 16.6 Å². The summed E-state index contributed by atoms with van der Waals surface area (Å²) in [5.74, 6) is -2.08. The van der Waals surface area contributed by atoms with Crippen LogP contribution in [0.1, 0.15) is 19.8 Å². The molecular weight excluding hydrogens is 202 g/mol. The summed E-state index contributed by atoms with van der Waals surface area (Å²) in [6, 6.07) is -0.986. The number of hydrogen-bond acceptors (Lipinski definition) is 4. The number of primary amides is 2. The molecule has 2 atom stereocenters. The molecule has 0 aromatic heterocycles. The Morgan fingerprint density at radius 3 is 2.20 bits per heavy atom. The minimum absolute atomic E-state index is 0.0309. The molecule has 0 saturated heterocycles. The highest BCUT2D eigenvalue weighted by Crippen LogP contribution is 1.97. The molecule has 0 heterocycles. The highest BCUT2D eigenvalue weighted by atomic mass is 16.3. The van der Waals surface area contributed by atoms with E-state index in [1.54, 1.807) is 0 Å². The number of hydrogen-bond donors (Lipinski definition) is 4. The predicted molar refractivity (Wildman–Crippen MR) is 51.2 cm³/mol. The summed E-state index contributed by atoms with van der Waals surface area (Å²) in [5, 5.41) is 11.1. The number of carbonyl (C=O) groups excluding carboxylic acids is 3. The zero-order valence-electron chi connectivity index (χ0n) is 8.40. The third-order valence-electron chi connectivity index (χ3n) is 1.72. The maximum Gasteiger partial charge on any atom is 0.249 e. The lowest BCUT2D eigenvalue weighted by Crippen LogP contribution is -2.47. The average molecular weight is 217 g/mol. The second-order valence-electron chi connectivity index (χ2n) is 3.14. The SMILES string of the molecule is C[C@H](O)C(=O)N[C@@H](CCC(N)=O)C(N)=O. The fraction of sp³-hybridized carbons (Fsp3) is 0.625. The smallest absolute Gasteiger partial charge is 0.249 e. The lowest BCUT2D eigenvalue weighted by molar-refractivity contribution is -0.132. The van der Waals surface area contributed by atoms with Gasteiger partial charge in [-0.3, -0.25) is 14.4 Å². The second kappa shape index (κ2) is 5.97. The van der Waals surface area contributed by atoms with E-state index in [1.807, 2.05) is 0 Å². The Balaban J connectivity index is 4.22. The van der Waals surface area contributed by atoms with Gasteiger partial charge in [-0.15, -0.1) is 0 Å². The van der Waals surface area contributed by atoms with Gasteiger partial charge in [-0.05, 0) is 13.3 Å². The van der Waals surface area contributed by atoms with Gasteiger partial charge in [-0.2, -0.15) is 0 Å². The number of amides is 3. The van der Waals surface area contributed by atoms with Crippen LogP contribution in [0.15, 0.2) is 0 Å². The van der Waals surface area contributed by atoms with Crippen molar-refractivity contribution in [2.45, 2.75) is 31.9 Å². The molecule has 0 aliphatic heterocycles. The Kier molecular flexibility index (Phi) is 5.32. The summed E-state index contributed by atoms with van der Waals surface area (Å²) in [4.78, 5) is 32.3. The van der Waals surface area contributed by atoms with E-state index in [9.17, 15) is 14.4 Å². The summed E-state index contributed by atoms with van der Waals surface area (Å²) >= 11 is 0. The molecule has 0 saturated carbocycles. The van der Waals surface area contributed by atoms with Crippen molar-refractivity contribution in [3.8, 4) is 0 Å². The molecule has 0 aromatic carbocycles. The van der Waals surface area contributed by atoms with Crippen LogP contribution >= 0.6 is 0 Å². The van der Waals surface area contributed by atoms with E-state index in [0.29, 0.717) is 0 Å². The van der Waals surface area contributed by atoms with Gasteiger partial charge in [0.15, 0.2) is 0 Å². The molecule has 0 unspecified atom stereocenters. The molecule has 0 fully saturated rings. The Bertz CT molecular complexity index is 265. The molecule has 0 bridgehead atoms. The van der Waals surface area contributed by atoms with Crippen LogP contribution in [-0.2, 0) is 14.4 Å². The maximum absolute atomic E-state index is 11.0. The number of carbonyl (C=O) groups is 3. The molecule has 0 spiro atoms. The van der Waals surface area contributed by atoms with Crippen molar-refractivity contribution in [2.24, 2.45) is 11.5 Å². The topological polar surface area (TPSA) is 136 Å². The zero-order chi connectivity index (χ0) is 12.0. The molecular formula is C8H15N3O4. The number of rotatable bonds is 6. The maximum atomic E-state index is 11.0. The summed E-state index contributed by atoms with van der Waals surface area (Å²) in [6.07, 6.45) is -1.27. The Hall–Kier alpha value is -1.63. The number of aliphatic hydroxyl groups is 1. The van der Waals surface area contributed by atoms with E-state index < -0.39 is 29.9 Å². The molecule has 7 nitrogen and oxygen atoms in total. The first kappa shape index (κ1) is 13.4. The van der Waals surface area contributed by atoms with E-state index in [2.05, 4.69) is 5.32 Å². The third-order valence-corrected chi connectivity index (χ3v) is 1.72. The van der Waals surface area contributed by atoms with Gasteiger partial charge in [-0.1, -0.05) is 0 Å². The summed E-state index contributed by atoms with van der Waals surface area (Å²) in [6.45, 7) is 1.25. The van der Waals surface area contributed by atoms with E-state index in [-0.39, 0.29) is 12.8 Å². The molecule has 15 heavy (non-hydrogen) atoms. The van der Waals surface area contributed by atoms with Crippen LogP contribution in [0.4, 0.5) is 0 Å². The van der Waals surface area contributed by atoms with Crippen LogP contribution in [0.2, 0.25) is 0 Å². The van der Waals surface area contributed by atoms with Crippen LogP contribution in [0.3, 0.4) is 0 Å². The van der Waals surface area contributed by atoms with Gasteiger partial charge in [0.2, 0.25) is 17.7 Å². The third kappa shape index (κ3) is 5.63. The van der Waals surface area contributed by atoms with Crippen LogP contribution in [0.5, 0.6) is 0 Å². The van der Waals surface area contributed by atoms with Crippen LogP contribution in [-0.4, -0.2) is 35.0 Å². The molecule has 0 aliphatic carbocycles. The minimum Gasteiger partial charge on any atom is -0.384 e. The normalized spacial score (nSPS) is 14.0. The van der Waals surface area contributed by atoms with Gasteiger partial charge in [-0.25, -0.2) is 0 Å². The summed E-state index contributed by atoms with van der Waals surface area (Å²) < 4.78 is 0. The van der Waals surface area contributed by atoms with Crippen molar-refractivity contribution in [3.05, 3.63) is 0 Å². The van der Waals surface area contributed by atoms with Crippen molar-refractivity contribution in [3.63, 3.8) is 0 Å². The lowest BCUT2D eigenvalue weighted by atomic mass is 10.1. The lowest BCUT2D eigenvalue weighted by Gasteiger charge is -2.15. The largest absolute Gasteiger partial charge is 0.384 e. The fourth-order valence-corrected chi connectivity index (χ4v) is 0.864. The second-order valence-corrected chi connectivity index (χ2v) is 3.14. The van der Waals surface area contributed by atoms with Gasteiger partial charge in [0.1, 0.15) is 12.1 Å². The first-order chi connectivity index (χ1) is 6.84. The molecule has 0 radical (unpaired) electrons. The van der Waals surface area contributed by atoms with E-state index >= 15 is 0 Å². The first-order valence-electron chi connectivity index (χ1n) is 4.40. The van der Waals surface area contributed by atoms with Crippen molar-refractivity contribution >= 4 is 17.7 Å².